The summed E-state index contributed by atoms with van der Waals surface area (Å²) in [4.78, 5) is 28.7. The van der Waals surface area contributed by atoms with E-state index in [1.807, 2.05) is 56.3 Å². The third-order valence-corrected chi connectivity index (χ3v) is 8.44. The van der Waals surface area contributed by atoms with Gasteiger partial charge in [-0.2, -0.15) is 0 Å². The summed E-state index contributed by atoms with van der Waals surface area (Å²) in [6.07, 6.45) is 1.71. The van der Waals surface area contributed by atoms with Crippen LogP contribution in [0, 0.1) is 6.92 Å². The Labute approximate surface area is 247 Å². The van der Waals surface area contributed by atoms with Crippen molar-refractivity contribution in [1.82, 2.24) is 10.2 Å². The Balaban J connectivity index is 1.91. The molecule has 7 nitrogen and oxygen atoms in total. The van der Waals surface area contributed by atoms with Crippen molar-refractivity contribution in [1.29, 1.82) is 0 Å². The van der Waals surface area contributed by atoms with Crippen molar-refractivity contribution >= 4 is 50.7 Å². The molecule has 0 bridgehead atoms. The summed E-state index contributed by atoms with van der Waals surface area (Å²) in [6.45, 7) is 4.20. The number of carbonyl (C=O) groups excluding carboxylic acids is 2. The highest BCUT2D eigenvalue weighted by molar-refractivity contribution is 7.92. The van der Waals surface area contributed by atoms with Crippen LogP contribution in [0.3, 0.4) is 0 Å². The lowest BCUT2D eigenvalue weighted by Gasteiger charge is -2.32. The Morgan fingerprint density at radius 2 is 1.55 bits per heavy atom. The molecule has 1 atom stereocenters. The predicted molar refractivity (Wildman–Crippen MR) is 162 cm³/mol. The Kier molecular flexibility index (Phi) is 11.4. The van der Waals surface area contributed by atoms with Gasteiger partial charge in [-0.1, -0.05) is 77.8 Å². The van der Waals surface area contributed by atoms with Crippen molar-refractivity contribution in [3.63, 3.8) is 0 Å². The molecule has 0 unspecified atom stereocenters. The van der Waals surface area contributed by atoms with E-state index in [4.69, 9.17) is 23.2 Å². The maximum Gasteiger partial charge on any atom is 0.243 e. The Bertz CT molecular complexity index is 1400. The molecule has 40 heavy (non-hydrogen) atoms. The van der Waals surface area contributed by atoms with Crippen LogP contribution in [0.25, 0.3) is 0 Å². The molecule has 214 valence electrons. The number of sulfonamides is 1. The van der Waals surface area contributed by atoms with Crippen LogP contribution in [-0.2, 0) is 32.6 Å². The standard InChI is InChI=1S/C30H35Cl2N3O4S/c1-4-33-30(37)28(20-23-13-6-5-7-14-23)34(21-24-25(31)15-10-16-26(24)32)29(36)18-11-19-35(40(3,38)39)27-17-9-8-12-22(27)2/h5-10,12-17,28H,4,11,18-21H2,1-3H3,(H,33,37)/t28-/m1/s1. The maximum absolute atomic E-state index is 13.8. The van der Waals surface area contributed by atoms with Gasteiger partial charge in [0.15, 0.2) is 0 Å². The van der Waals surface area contributed by atoms with Gasteiger partial charge >= 0.3 is 0 Å². The molecule has 0 aliphatic rings. The van der Waals surface area contributed by atoms with E-state index in [9.17, 15) is 18.0 Å². The van der Waals surface area contributed by atoms with Crippen molar-refractivity contribution in [2.24, 2.45) is 0 Å². The molecular weight excluding hydrogens is 569 g/mol. The highest BCUT2D eigenvalue weighted by Gasteiger charge is 2.31. The van der Waals surface area contributed by atoms with Crippen molar-refractivity contribution in [3.05, 3.63) is 99.5 Å². The summed E-state index contributed by atoms with van der Waals surface area (Å²) < 4.78 is 26.6. The number of anilines is 1. The van der Waals surface area contributed by atoms with E-state index in [1.54, 1.807) is 30.3 Å². The minimum Gasteiger partial charge on any atom is -0.355 e. The van der Waals surface area contributed by atoms with Crippen LogP contribution in [0.5, 0.6) is 0 Å². The number of nitrogens with one attached hydrogen (secondary N) is 1. The molecule has 0 saturated carbocycles. The van der Waals surface area contributed by atoms with Gasteiger partial charge in [-0.15, -0.1) is 0 Å². The van der Waals surface area contributed by atoms with E-state index in [1.165, 1.54) is 9.21 Å². The number of hydrogen-bond acceptors (Lipinski definition) is 4. The third kappa shape index (κ3) is 8.46. The van der Waals surface area contributed by atoms with Gasteiger partial charge in [0.2, 0.25) is 21.8 Å². The number of amides is 2. The zero-order valence-electron chi connectivity index (χ0n) is 22.9. The van der Waals surface area contributed by atoms with E-state index >= 15 is 0 Å². The first kappa shape index (κ1) is 31.5. The average molecular weight is 605 g/mol. The molecule has 10 heteroatoms. The first-order valence-corrected chi connectivity index (χ1v) is 15.7. The topological polar surface area (TPSA) is 86.8 Å². The number of nitrogens with zero attached hydrogens (tertiary/aromatic N) is 2. The number of benzene rings is 3. The van der Waals surface area contributed by atoms with Gasteiger partial charge in [0.05, 0.1) is 11.9 Å². The van der Waals surface area contributed by atoms with Crippen LogP contribution in [0.15, 0.2) is 72.8 Å². The first-order chi connectivity index (χ1) is 19.0. The molecule has 0 aliphatic carbocycles. The molecule has 0 aromatic heterocycles. The number of halogens is 2. The van der Waals surface area contributed by atoms with Gasteiger partial charge in [0.25, 0.3) is 0 Å². The van der Waals surface area contributed by atoms with E-state index in [0.717, 1.165) is 17.4 Å². The van der Waals surface area contributed by atoms with Crippen molar-refractivity contribution in [2.75, 3.05) is 23.7 Å². The number of para-hydroxylation sites is 1. The van der Waals surface area contributed by atoms with E-state index in [0.29, 0.717) is 34.3 Å². The molecule has 0 heterocycles. The lowest BCUT2D eigenvalue weighted by molar-refractivity contribution is -0.141. The zero-order valence-corrected chi connectivity index (χ0v) is 25.3. The number of carbonyl (C=O) groups is 2. The molecule has 1 N–H and O–H groups in total. The predicted octanol–water partition coefficient (Wildman–Crippen LogP) is 5.62. The minimum atomic E-state index is -3.59. The molecule has 0 aliphatic heterocycles. The van der Waals surface area contributed by atoms with E-state index < -0.39 is 16.1 Å². The molecular formula is C30H35Cl2N3O4S. The fourth-order valence-electron chi connectivity index (χ4n) is 4.53. The van der Waals surface area contributed by atoms with Crippen molar-refractivity contribution in [3.8, 4) is 0 Å². The van der Waals surface area contributed by atoms with Crippen LogP contribution in [-0.4, -0.2) is 50.5 Å². The second kappa shape index (κ2) is 14.5. The quantitative estimate of drug-likeness (QED) is 0.274. The normalized spacial score (nSPS) is 12.0. The smallest absolute Gasteiger partial charge is 0.243 e. The van der Waals surface area contributed by atoms with Crippen molar-refractivity contribution in [2.45, 2.75) is 45.7 Å². The number of rotatable bonds is 13. The monoisotopic (exact) mass is 603 g/mol. The van der Waals surface area contributed by atoms with Crippen LogP contribution < -0.4 is 9.62 Å². The van der Waals surface area contributed by atoms with Gasteiger partial charge in [-0.05, 0) is 49.6 Å². The fourth-order valence-corrected chi connectivity index (χ4v) is 6.07. The third-order valence-electron chi connectivity index (χ3n) is 6.55. The Hall–Kier alpha value is -3.07. The molecule has 0 saturated heterocycles. The molecule has 0 radical (unpaired) electrons. The molecule has 0 fully saturated rings. The highest BCUT2D eigenvalue weighted by atomic mass is 35.5. The first-order valence-electron chi connectivity index (χ1n) is 13.1. The number of hydrogen-bond donors (Lipinski definition) is 1. The zero-order chi connectivity index (χ0) is 29.3. The summed E-state index contributed by atoms with van der Waals surface area (Å²) >= 11 is 12.9. The molecule has 3 aromatic carbocycles. The van der Waals surface area contributed by atoms with Crippen LogP contribution in [0.4, 0.5) is 5.69 Å². The summed E-state index contributed by atoms with van der Waals surface area (Å²) in [6, 6.07) is 20.9. The van der Waals surface area contributed by atoms with Gasteiger partial charge in [-0.25, -0.2) is 8.42 Å². The Morgan fingerprint density at radius 1 is 0.925 bits per heavy atom. The van der Waals surface area contributed by atoms with Gasteiger partial charge in [0, 0.05) is 48.1 Å². The second-order valence-electron chi connectivity index (χ2n) is 9.55. The highest BCUT2D eigenvalue weighted by Crippen LogP contribution is 2.28. The van der Waals surface area contributed by atoms with Gasteiger partial charge in [0.1, 0.15) is 6.04 Å². The van der Waals surface area contributed by atoms with Crippen LogP contribution >= 0.6 is 23.2 Å². The minimum absolute atomic E-state index is 0.0185. The average Bonchev–Trinajstić information content (AvgIpc) is 2.90. The van der Waals surface area contributed by atoms with Crippen LogP contribution in [0.1, 0.15) is 36.5 Å². The second-order valence-corrected chi connectivity index (χ2v) is 12.3. The maximum atomic E-state index is 13.8. The summed E-state index contributed by atoms with van der Waals surface area (Å²) in [7, 11) is -3.59. The molecule has 3 aromatic rings. The summed E-state index contributed by atoms with van der Waals surface area (Å²) in [5.41, 5.74) is 2.82. The van der Waals surface area contributed by atoms with Gasteiger partial charge in [-0.3, -0.25) is 13.9 Å². The van der Waals surface area contributed by atoms with Gasteiger partial charge < -0.3 is 10.2 Å². The number of likely N-dealkylation sites (N-methyl/N-ethyl adjacent to an activating group) is 1. The van der Waals surface area contributed by atoms with E-state index in [2.05, 4.69) is 5.32 Å². The largest absolute Gasteiger partial charge is 0.355 e. The fraction of sp³-hybridized carbons (Fsp3) is 0.333. The number of aryl methyl sites for hydroxylation is 1. The SMILES string of the molecule is CCNC(=O)[C@@H](Cc1ccccc1)N(Cc1c(Cl)cccc1Cl)C(=O)CCCN(c1ccccc1C)S(C)(=O)=O. The van der Waals surface area contributed by atoms with Crippen molar-refractivity contribution < 1.29 is 18.0 Å². The van der Waals surface area contributed by atoms with E-state index in [-0.39, 0.29) is 37.7 Å². The molecule has 0 spiro atoms. The lowest BCUT2D eigenvalue weighted by atomic mass is 10.0. The summed E-state index contributed by atoms with van der Waals surface area (Å²) in [5, 5.41) is 3.63. The van der Waals surface area contributed by atoms with Crippen LogP contribution in [0.2, 0.25) is 10.0 Å². The molecule has 2 amide bonds. The molecule has 3 rings (SSSR count). The lowest BCUT2D eigenvalue weighted by Crippen LogP contribution is -2.50. The summed E-state index contributed by atoms with van der Waals surface area (Å²) in [5.74, 6) is -0.595. The Morgan fingerprint density at radius 3 is 2.15 bits per heavy atom.